The van der Waals surface area contributed by atoms with Crippen molar-refractivity contribution in [1.29, 1.82) is 0 Å². The molecule has 0 saturated heterocycles. The lowest BCUT2D eigenvalue weighted by Crippen LogP contribution is -2.31. The largest absolute Gasteiger partial charge is 0.489 e. The number of carbonyl (C=O) groups is 1. The van der Waals surface area contributed by atoms with Crippen molar-refractivity contribution in [1.82, 2.24) is 20.2 Å². The Morgan fingerprint density at radius 3 is 2.46 bits per heavy atom. The number of nitrogens with zero attached hydrogens (tertiary/aromatic N) is 3. The van der Waals surface area contributed by atoms with Crippen molar-refractivity contribution in [3.8, 4) is 22.8 Å². The van der Waals surface area contributed by atoms with Gasteiger partial charge in [-0.15, -0.1) is 0 Å². The zero-order valence-electron chi connectivity index (χ0n) is 20.8. The van der Waals surface area contributed by atoms with Gasteiger partial charge in [0.05, 0.1) is 11.8 Å². The van der Waals surface area contributed by atoms with Gasteiger partial charge >= 0.3 is 0 Å². The van der Waals surface area contributed by atoms with E-state index in [1.807, 2.05) is 19.0 Å². The van der Waals surface area contributed by atoms with E-state index in [2.05, 4.69) is 33.8 Å². The summed E-state index contributed by atoms with van der Waals surface area (Å²) in [7, 11) is 3.83. The molecule has 2 N–H and O–H groups in total. The Balaban J connectivity index is 1.85. The molecular formula is C27H29F2N5O3. The molecule has 0 aliphatic carbocycles. The number of anilines is 2. The number of carbonyl (C=O) groups excluding carboxylic acids is 1. The van der Waals surface area contributed by atoms with Crippen molar-refractivity contribution in [2.45, 2.75) is 0 Å². The summed E-state index contributed by atoms with van der Waals surface area (Å²) < 4.78 is 39.6. The zero-order chi connectivity index (χ0) is 26.8. The number of amides is 1. The molecule has 37 heavy (non-hydrogen) atoms. The minimum absolute atomic E-state index is 0.0408. The fraction of sp³-hybridized carbons (Fsp3) is 0.222. The van der Waals surface area contributed by atoms with Gasteiger partial charge in [-0.3, -0.25) is 4.79 Å². The van der Waals surface area contributed by atoms with E-state index in [-0.39, 0.29) is 36.5 Å². The standard InChI is InChI=1S/C27H29F2N5O3/c1-5-13-36-23-16-19(8-9-20(23)26(35)30-11-12-34(3)4)32-27-31-17-22(29)25(33-27)18-7-10-21(28)24(15-18)37-14-6-2/h5-10,15-17H,1-2,11-14H2,3-4H3,(H,30,35)(H,31,32,33). The third kappa shape index (κ3) is 7.58. The SMILES string of the molecule is C=CCOc1cc(-c2nc(Nc3ccc(C(=O)NCCN(C)C)c(OCC=C)c3)ncc2F)ccc1F. The second kappa shape index (κ2) is 13.1. The molecule has 8 nitrogen and oxygen atoms in total. The lowest BCUT2D eigenvalue weighted by atomic mass is 10.1. The van der Waals surface area contributed by atoms with Crippen LogP contribution in [-0.2, 0) is 0 Å². The molecule has 0 unspecified atom stereocenters. The van der Waals surface area contributed by atoms with Crippen LogP contribution < -0.4 is 20.1 Å². The van der Waals surface area contributed by atoms with Crippen LogP contribution in [0.15, 0.2) is 67.9 Å². The second-order valence-corrected chi connectivity index (χ2v) is 8.13. The molecule has 0 aliphatic heterocycles. The normalized spacial score (nSPS) is 10.6. The minimum Gasteiger partial charge on any atom is -0.489 e. The molecule has 0 atom stereocenters. The topological polar surface area (TPSA) is 88.6 Å². The first-order valence-electron chi connectivity index (χ1n) is 11.5. The van der Waals surface area contributed by atoms with E-state index in [9.17, 15) is 13.6 Å². The summed E-state index contributed by atoms with van der Waals surface area (Å²) in [6, 6.07) is 8.82. The van der Waals surface area contributed by atoms with Gasteiger partial charge in [0.2, 0.25) is 5.95 Å². The Kier molecular flexibility index (Phi) is 9.68. The molecule has 0 fully saturated rings. The first-order chi connectivity index (χ1) is 17.8. The maximum atomic E-state index is 14.6. The highest BCUT2D eigenvalue weighted by Crippen LogP contribution is 2.29. The summed E-state index contributed by atoms with van der Waals surface area (Å²) >= 11 is 0. The number of aromatic nitrogens is 2. The first kappa shape index (κ1) is 27.3. The predicted octanol–water partition coefficient (Wildman–Crippen LogP) is 4.59. The van der Waals surface area contributed by atoms with Crippen LogP contribution in [0.3, 0.4) is 0 Å². The van der Waals surface area contributed by atoms with Gasteiger partial charge in [0, 0.05) is 30.4 Å². The zero-order valence-corrected chi connectivity index (χ0v) is 20.8. The van der Waals surface area contributed by atoms with E-state index in [0.29, 0.717) is 35.7 Å². The fourth-order valence-electron chi connectivity index (χ4n) is 3.21. The average Bonchev–Trinajstić information content (AvgIpc) is 2.88. The third-order valence-electron chi connectivity index (χ3n) is 4.99. The number of benzene rings is 2. The number of halogens is 2. The Morgan fingerprint density at radius 1 is 1.03 bits per heavy atom. The minimum atomic E-state index is -0.688. The van der Waals surface area contributed by atoms with E-state index >= 15 is 0 Å². The van der Waals surface area contributed by atoms with Gasteiger partial charge in [-0.25, -0.2) is 18.7 Å². The summed E-state index contributed by atoms with van der Waals surface area (Å²) in [5.41, 5.74) is 1.13. The molecule has 0 radical (unpaired) electrons. The van der Waals surface area contributed by atoms with Crippen LogP contribution in [0.5, 0.6) is 11.5 Å². The molecule has 0 spiro atoms. The van der Waals surface area contributed by atoms with Gasteiger partial charge in [-0.1, -0.05) is 25.3 Å². The average molecular weight is 510 g/mol. The monoisotopic (exact) mass is 509 g/mol. The highest BCUT2D eigenvalue weighted by molar-refractivity contribution is 5.97. The Hall–Kier alpha value is -4.31. The summed E-state index contributed by atoms with van der Waals surface area (Å²) in [5.74, 6) is -1.18. The molecule has 3 rings (SSSR count). The summed E-state index contributed by atoms with van der Waals surface area (Å²) in [6.45, 7) is 8.63. The highest BCUT2D eigenvalue weighted by Gasteiger charge is 2.16. The van der Waals surface area contributed by atoms with Gasteiger partial charge in [0.1, 0.15) is 24.7 Å². The van der Waals surface area contributed by atoms with Crippen LogP contribution in [0.25, 0.3) is 11.3 Å². The summed E-state index contributed by atoms with van der Waals surface area (Å²) in [6.07, 6.45) is 4.06. The fourth-order valence-corrected chi connectivity index (χ4v) is 3.21. The van der Waals surface area contributed by atoms with Gasteiger partial charge < -0.3 is 25.0 Å². The number of ether oxygens (including phenoxy) is 2. The van der Waals surface area contributed by atoms with Crippen molar-refractivity contribution in [2.24, 2.45) is 0 Å². The van der Waals surface area contributed by atoms with Crippen molar-refractivity contribution < 1.29 is 23.0 Å². The first-order valence-corrected chi connectivity index (χ1v) is 11.5. The van der Waals surface area contributed by atoms with Crippen LogP contribution >= 0.6 is 0 Å². The van der Waals surface area contributed by atoms with Crippen LogP contribution in [0, 0.1) is 11.6 Å². The van der Waals surface area contributed by atoms with Gasteiger partial charge in [0.25, 0.3) is 5.91 Å². The van der Waals surface area contributed by atoms with E-state index in [1.165, 1.54) is 24.3 Å². The van der Waals surface area contributed by atoms with E-state index < -0.39 is 11.6 Å². The number of hydrogen-bond donors (Lipinski definition) is 2. The van der Waals surface area contributed by atoms with E-state index in [4.69, 9.17) is 9.47 Å². The van der Waals surface area contributed by atoms with Crippen LogP contribution in [0.2, 0.25) is 0 Å². The Morgan fingerprint density at radius 2 is 1.76 bits per heavy atom. The molecule has 3 aromatic rings. The maximum absolute atomic E-state index is 14.6. The molecule has 1 heterocycles. The smallest absolute Gasteiger partial charge is 0.255 e. The van der Waals surface area contributed by atoms with Crippen molar-refractivity contribution in [3.63, 3.8) is 0 Å². The van der Waals surface area contributed by atoms with E-state index in [1.54, 1.807) is 24.3 Å². The molecule has 1 amide bonds. The molecular weight excluding hydrogens is 480 g/mol. The quantitative estimate of drug-likeness (QED) is 0.326. The number of likely N-dealkylation sites (N-methyl/N-ethyl adjacent to an activating group) is 1. The molecule has 0 saturated carbocycles. The molecule has 194 valence electrons. The van der Waals surface area contributed by atoms with Crippen molar-refractivity contribution in [2.75, 3.05) is 45.7 Å². The molecule has 1 aromatic heterocycles. The van der Waals surface area contributed by atoms with Crippen LogP contribution in [0.4, 0.5) is 20.4 Å². The third-order valence-corrected chi connectivity index (χ3v) is 4.99. The van der Waals surface area contributed by atoms with Gasteiger partial charge in [-0.2, -0.15) is 0 Å². The lowest BCUT2D eigenvalue weighted by Gasteiger charge is -2.15. The number of hydrogen-bond acceptors (Lipinski definition) is 7. The lowest BCUT2D eigenvalue weighted by molar-refractivity contribution is 0.0947. The highest BCUT2D eigenvalue weighted by atomic mass is 19.1. The van der Waals surface area contributed by atoms with Gasteiger partial charge in [0.15, 0.2) is 17.4 Å². The molecule has 10 heteroatoms. The second-order valence-electron chi connectivity index (χ2n) is 8.13. The molecule has 0 bridgehead atoms. The number of rotatable bonds is 13. The number of nitrogens with one attached hydrogen (secondary N) is 2. The Bertz CT molecular complexity index is 1270. The summed E-state index contributed by atoms with van der Waals surface area (Å²) in [5, 5.41) is 5.84. The maximum Gasteiger partial charge on any atom is 0.255 e. The van der Waals surface area contributed by atoms with Crippen LogP contribution in [0.1, 0.15) is 10.4 Å². The van der Waals surface area contributed by atoms with E-state index in [0.717, 1.165) is 6.20 Å². The Labute approximate surface area is 214 Å². The van der Waals surface area contributed by atoms with Crippen molar-refractivity contribution in [3.05, 3.63) is 85.1 Å². The predicted molar refractivity (Wildman–Crippen MR) is 139 cm³/mol. The molecule has 0 aliphatic rings. The van der Waals surface area contributed by atoms with Gasteiger partial charge in [-0.05, 0) is 44.4 Å². The summed E-state index contributed by atoms with van der Waals surface area (Å²) in [4.78, 5) is 22.9. The van der Waals surface area contributed by atoms with Crippen molar-refractivity contribution >= 4 is 17.5 Å². The molecule has 2 aromatic carbocycles. The van der Waals surface area contributed by atoms with Crippen LogP contribution in [-0.4, -0.2) is 61.2 Å².